The lowest BCUT2D eigenvalue weighted by molar-refractivity contribution is 0.0313. The minimum atomic E-state index is -1.09. The Balaban J connectivity index is 1.50. The maximum atomic E-state index is 15.5. The minimum Gasteiger partial charge on any atom is -0.507 e. The molecule has 2 atom stereocenters. The van der Waals surface area contributed by atoms with Crippen molar-refractivity contribution in [2.75, 3.05) is 0 Å². The molecular weight excluding hydrogens is 445 g/mol. The highest BCUT2D eigenvalue weighted by Gasteiger charge is 2.47. The van der Waals surface area contributed by atoms with Gasteiger partial charge in [0.05, 0.1) is 23.6 Å². The van der Waals surface area contributed by atoms with Gasteiger partial charge in [-0.05, 0) is 58.4 Å². The lowest BCUT2D eigenvalue weighted by Crippen LogP contribution is -2.64. The number of nitrogens with zero attached hydrogens (tertiary/aromatic N) is 6. The predicted molar refractivity (Wildman–Crippen MR) is 124 cm³/mol. The highest BCUT2D eigenvalue weighted by molar-refractivity contribution is 6.29. The van der Waals surface area contributed by atoms with Crippen LogP contribution in [0.3, 0.4) is 0 Å². The molecule has 10 heteroatoms. The topological polar surface area (TPSA) is 93.7 Å². The van der Waals surface area contributed by atoms with Crippen LogP contribution in [0.25, 0.3) is 28.0 Å². The third-order valence-electron chi connectivity index (χ3n) is 6.21. The molecule has 1 aliphatic rings. The molecule has 0 bridgehead atoms. The number of rotatable bonds is 3. The fraction of sp³-hybridized carbons (Fsp3) is 0.391. The van der Waals surface area contributed by atoms with Crippen LogP contribution >= 0.6 is 11.6 Å². The van der Waals surface area contributed by atoms with Gasteiger partial charge in [0.25, 0.3) is 0 Å². The summed E-state index contributed by atoms with van der Waals surface area (Å²) in [5.41, 5.74) is 1.39. The smallest absolute Gasteiger partial charge is 0.171 e. The number of hydrogen-bond donors (Lipinski definition) is 2. The van der Waals surface area contributed by atoms with Gasteiger partial charge >= 0.3 is 0 Å². The van der Waals surface area contributed by atoms with E-state index >= 15 is 4.39 Å². The predicted octanol–water partition coefficient (Wildman–Crippen LogP) is 4.47. The fourth-order valence-electron chi connectivity index (χ4n) is 4.94. The van der Waals surface area contributed by atoms with Crippen molar-refractivity contribution in [2.45, 2.75) is 57.4 Å². The Kier molecular flexibility index (Phi) is 4.95. The number of aromatic hydroxyl groups is 1. The van der Waals surface area contributed by atoms with Crippen molar-refractivity contribution in [3.63, 3.8) is 0 Å². The van der Waals surface area contributed by atoms with Crippen LogP contribution in [0.1, 0.15) is 40.2 Å². The summed E-state index contributed by atoms with van der Waals surface area (Å²) in [4.78, 5) is 0. The van der Waals surface area contributed by atoms with Crippen molar-refractivity contribution >= 4 is 22.6 Å². The number of alkyl halides is 1. The van der Waals surface area contributed by atoms with Crippen LogP contribution in [-0.2, 0) is 0 Å². The fourth-order valence-corrected chi connectivity index (χ4v) is 5.07. The molecule has 0 spiro atoms. The van der Waals surface area contributed by atoms with Crippen molar-refractivity contribution in [2.24, 2.45) is 0 Å². The second-order valence-corrected chi connectivity index (χ2v) is 10.2. The van der Waals surface area contributed by atoms with E-state index in [1.54, 1.807) is 24.4 Å². The number of piperidine rings is 1. The molecule has 4 aromatic rings. The molecule has 1 aromatic carbocycles. The number of halogens is 2. The van der Waals surface area contributed by atoms with E-state index < -0.39 is 11.7 Å². The van der Waals surface area contributed by atoms with Gasteiger partial charge in [0, 0.05) is 34.3 Å². The largest absolute Gasteiger partial charge is 0.507 e. The molecule has 1 saturated heterocycles. The first-order chi connectivity index (χ1) is 15.5. The van der Waals surface area contributed by atoms with Crippen LogP contribution in [0.4, 0.5) is 4.39 Å². The van der Waals surface area contributed by atoms with Gasteiger partial charge in [-0.2, -0.15) is 0 Å². The molecule has 0 radical (unpaired) electrons. The monoisotopic (exact) mass is 469 g/mol. The minimum absolute atomic E-state index is 0.0258. The van der Waals surface area contributed by atoms with E-state index in [-0.39, 0.29) is 22.5 Å². The van der Waals surface area contributed by atoms with Crippen molar-refractivity contribution in [1.29, 1.82) is 0 Å². The lowest BCUT2D eigenvalue weighted by Gasteiger charge is -2.49. The number of aromatic nitrogens is 6. The van der Waals surface area contributed by atoms with Gasteiger partial charge in [-0.25, -0.2) is 9.07 Å². The Bertz CT molecular complexity index is 1350. The zero-order valence-electron chi connectivity index (χ0n) is 18.8. The lowest BCUT2D eigenvalue weighted by atomic mass is 9.78. The zero-order chi connectivity index (χ0) is 23.5. The Hall–Kier alpha value is -3.04. The van der Waals surface area contributed by atoms with Gasteiger partial charge in [-0.15, -0.1) is 15.3 Å². The van der Waals surface area contributed by atoms with Gasteiger partial charge in [0.2, 0.25) is 0 Å². The Labute approximate surface area is 195 Å². The summed E-state index contributed by atoms with van der Waals surface area (Å²) < 4.78 is 18.8. The molecule has 1 aliphatic heterocycles. The van der Waals surface area contributed by atoms with Crippen LogP contribution in [0.2, 0.25) is 5.15 Å². The van der Waals surface area contributed by atoms with Crippen LogP contribution in [0, 0.1) is 0 Å². The van der Waals surface area contributed by atoms with E-state index in [2.05, 4.69) is 39.7 Å². The standard InChI is InChI=1S/C23H25ClFN7O/c1-22(2)11-17(20(25)23(3,4)29-22)31-8-7-13-9-16(26-28-21(13)31)15-6-5-14(10-18(15)33)32-12-19(24)27-30-32/h5-10,12,17,20,29,33H,11H2,1-4H3/t17-,20-/m0/s1. The number of fused-ring (bicyclic) bond motifs is 1. The van der Waals surface area contributed by atoms with E-state index in [1.165, 1.54) is 4.68 Å². The summed E-state index contributed by atoms with van der Waals surface area (Å²) in [7, 11) is 0. The summed E-state index contributed by atoms with van der Waals surface area (Å²) in [5, 5.41) is 31.5. The van der Waals surface area contributed by atoms with E-state index in [0.717, 1.165) is 5.39 Å². The van der Waals surface area contributed by atoms with Crippen molar-refractivity contribution in [3.8, 4) is 22.7 Å². The highest BCUT2D eigenvalue weighted by Crippen LogP contribution is 2.40. The molecular formula is C23H25ClFN7O. The van der Waals surface area contributed by atoms with Gasteiger partial charge in [0.1, 0.15) is 11.9 Å². The molecule has 4 heterocycles. The Morgan fingerprint density at radius 3 is 2.61 bits per heavy atom. The molecule has 2 N–H and O–H groups in total. The van der Waals surface area contributed by atoms with E-state index in [4.69, 9.17) is 11.6 Å². The summed E-state index contributed by atoms with van der Waals surface area (Å²) >= 11 is 5.83. The van der Waals surface area contributed by atoms with Crippen LogP contribution in [-0.4, -0.2) is 52.1 Å². The summed E-state index contributed by atoms with van der Waals surface area (Å²) in [6.07, 6.45) is 2.95. The van der Waals surface area contributed by atoms with E-state index in [9.17, 15) is 5.11 Å². The molecule has 0 saturated carbocycles. The van der Waals surface area contributed by atoms with Gasteiger partial charge < -0.3 is 15.0 Å². The zero-order valence-corrected chi connectivity index (χ0v) is 19.5. The van der Waals surface area contributed by atoms with Crippen LogP contribution in [0.5, 0.6) is 5.75 Å². The Morgan fingerprint density at radius 1 is 1.12 bits per heavy atom. The van der Waals surface area contributed by atoms with Gasteiger partial charge in [-0.1, -0.05) is 16.8 Å². The SMILES string of the molecule is CC1(C)C[C@H](n2ccc3cc(-c4ccc(-n5cc(Cl)nn5)cc4O)nnc32)[C@H](F)C(C)(C)N1. The van der Waals surface area contributed by atoms with Gasteiger partial charge in [-0.3, -0.25) is 0 Å². The molecule has 0 unspecified atom stereocenters. The van der Waals surface area contributed by atoms with Crippen molar-refractivity contribution in [1.82, 2.24) is 35.1 Å². The van der Waals surface area contributed by atoms with Crippen molar-refractivity contribution in [3.05, 3.63) is 47.9 Å². The summed E-state index contributed by atoms with van der Waals surface area (Å²) in [6.45, 7) is 7.95. The molecule has 0 aliphatic carbocycles. The maximum Gasteiger partial charge on any atom is 0.171 e. The quantitative estimate of drug-likeness (QED) is 0.460. The van der Waals surface area contributed by atoms with Crippen LogP contribution < -0.4 is 5.32 Å². The summed E-state index contributed by atoms with van der Waals surface area (Å²) in [5.74, 6) is 0.0258. The van der Waals surface area contributed by atoms with E-state index in [0.29, 0.717) is 29.0 Å². The first-order valence-corrected chi connectivity index (χ1v) is 11.1. The number of benzene rings is 1. The number of phenols is 1. The average molecular weight is 470 g/mol. The average Bonchev–Trinajstić information content (AvgIpc) is 3.35. The Morgan fingerprint density at radius 2 is 1.91 bits per heavy atom. The first-order valence-electron chi connectivity index (χ1n) is 10.7. The molecule has 1 fully saturated rings. The third kappa shape index (κ3) is 3.85. The maximum absolute atomic E-state index is 15.5. The number of nitrogens with one attached hydrogen (secondary N) is 1. The molecule has 0 amide bonds. The molecule has 172 valence electrons. The molecule has 5 rings (SSSR count). The molecule has 3 aromatic heterocycles. The van der Waals surface area contributed by atoms with Crippen molar-refractivity contribution < 1.29 is 9.50 Å². The van der Waals surface area contributed by atoms with Crippen LogP contribution in [0.15, 0.2) is 42.7 Å². The van der Waals surface area contributed by atoms with E-state index in [1.807, 2.05) is 36.7 Å². The normalized spacial score (nSPS) is 22.0. The summed E-state index contributed by atoms with van der Waals surface area (Å²) in [6, 6.07) is 8.47. The first kappa shape index (κ1) is 21.8. The highest BCUT2D eigenvalue weighted by atomic mass is 35.5. The second kappa shape index (κ2) is 7.50. The number of phenolic OH excluding ortho intramolecular Hbond substituents is 1. The molecule has 33 heavy (non-hydrogen) atoms. The van der Waals surface area contributed by atoms with Gasteiger partial charge in [0.15, 0.2) is 10.8 Å². The molecule has 8 nitrogen and oxygen atoms in total. The third-order valence-corrected chi connectivity index (χ3v) is 6.39. The number of hydrogen-bond acceptors (Lipinski definition) is 6. The second-order valence-electron chi connectivity index (χ2n) is 9.82.